The summed E-state index contributed by atoms with van der Waals surface area (Å²) in [6.45, 7) is 10.6. The summed E-state index contributed by atoms with van der Waals surface area (Å²) in [7, 11) is 0. The van der Waals surface area contributed by atoms with Crippen LogP contribution >= 0.6 is 0 Å². The molecular formula is C21H28O2. The molecular weight excluding hydrogens is 284 g/mol. The van der Waals surface area contributed by atoms with Gasteiger partial charge in [-0.1, -0.05) is 71.0 Å². The van der Waals surface area contributed by atoms with Crippen LogP contribution in [0.4, 0.5) is 0 Å². The molecule has 2 aromatic carbocycles. The molecule has 23 heavy (non-hydrogen) atoms. The second-order valence-electron chi connectivity index (χ2n) is 7.49. The predicted octanol–water partition coefficient (Wildman–Crippen LogP) is 4.90. The lowest BCUT2D eigenvalue weighted by molar-refractivity contribution is 0.274. The molecule has 2 aromatic rings. The zero-order chi connectivity index (χ0) is 17.3. The maximum Gasteiger partial charge on any atom is 0.125 e. The Morgan fingerprint density at radius 2 is 1.52 bits per heavy atom. The van der Waals surface area contributed by atoms with Gasteiger partial charge in [0.05, 0.1) is 6.61 Å². The van der Waals surface area contributed by atoms with Gasteiger partial charge in [-0.25, -0.2) is 0 Å². The largest absolute Gasteiger partial charge is 0.507 e. The fourth-order valence-corrected chi connectivity index (χ4v) is 3.02. The normalized spacial score (nSPS) is 14.5. The lowest BCUT2D eigenvalue weighted by atomic mass is 9.71. The second-order valence-corrected chi connectivity index (χ2v) is 7.49. The number of hydrogen-bond donors (Lipinski definition) is 2. The molecule has 0 bridgehead atoms. The Bertz CT molecular complexity index is 668. The van der Waals surface area contributed by atoms with Gasteiger partial charge in [-0.2, -0.15) is 0 Å². The van der Waals surface area contributed by atoms with E-state index in [1.807, 2.05) is 24.3 Å². The number of benzene rings is 2. The summed E-state index contributed by atoms with van der Waals surface area (Å²) in [5.74, 6) is 0.216. The van der Waals surface area contributed by atoms with Gasteiger partial charge in [-0.15, -0.1) is 0 Å². The van der Waals surface area contributed by atoms with Crippen LogP contribution in [0.1, 0.15) is 63.3 Å². The van der Waals surface area contributed by atoms with Crippen LogP contribution in [-0.2, 0) is 17.4 Å². The smallest absolute Gasteiger partial charge is 0.125 e. The molecule has 124 valence electrons. The van der Waals surface area contributed by atoms with E-state index in [1.165, 1.54) is 5.56 Å². The van der Waals surface area contributed by atoms with E-state index < -0.39 is 0 Å². The summed E-state index contributed by atoms with van der Waals surface area (Å²) in [6.07, 6.45) is 0.864. The van der Waals surface area contributed by atoms with E-state index in [4.69, 9.17) is 0 Å². The van der Waals surface area contributed by atoms with Crippen LogP contribution < -0.4 is 0 Å². The summed E-state index contributed by atoms with van der Waals surface area (Å²) in [5, 5.41) is 20.4. The number of phenols is 1. The molecule has 2 rings (SSSR count). The van der Waals surface area contributed by atoms with Crippen molar-refractivity contribution in [2.45, 2.75) is 58.5 Å². The van der Waals surface area contributed by atoms with Gasteiger partial charge in [0, 0.05) is 16.5 Å². The van der Waals surface area contributed by atoms with Crippen molar-refractivity contribution in [3.63, 3.8) is 0 Å². The van der Waals surface area contributed by atoms with Crippen LogP contribution in [0.5, 0.6) is 5.75 Å². The molecule has 2 N–H and O–H groups in total. The lowest BCUT2D eigenvalue weighted by Crippen LogP contribution is -2.24. The summed E-state index contributed by atoms with van der Waals surface area (Å²) in [4.78, 5) is 0. The molecule has 1 unspecified atom stereocenters. The Kier molecular flexibility index (Phi) is 4.86. The quantitative estimate of drug-likeness (QED) is 0.843. The summed E-state index contributed by atoms with van der Waals surface area (Å²) < 4.78 is 0. The first kappa shape index (κ1) is 17.6. The minimum Gasteiger partial charge on any atom is -0.507 e. The van der Waals surface area contributed by atoms with Crippen molar-refractivity contribution in [3.8, 4) is 5.75 Å². The van der Waals surface area contributed by atoms with Crippen LogP contribution in [0.2, 0.25) is 0 Å². The van der Waals surface area contributed by atoms with Crippen molar-refractivity contribution in [2.24, 2.45) is 0 Å². The van der Waals surface area contributed by atoms with Crippen LogP contribution in [0.3, 0.4) is 0 Å². The van der Waals surface area contributed by atoms with Gasteiger partial charge < -0.3 is 10.2 Å². The third-order valence-corrected chi connectivity index (χ3v) is 4.94. The average Bonchev–Trinajstić information content (AvgIpc) is 2.54. The van der Waals surface area contributed by atoms with E-state index in [1.54, 1.807) is 0 Å². The van der Waals surface area contributed by atoms with Crippen molar-refractivity contribution < 1.29 is 10.2 Å². The van der Waals surface area contributed by atoms with Gasteiger partial charge >= 0.3 is 0 Å². The first-order valence-corrected chi connectivity index (χ1v) is 8.27. The van der Waals surface area contributed by atoms with Gasteiger partial charge in [0.25, 0.3) is 0 Å². The van der Waals surface area contributed by atoms with E-state index in [0.717, 1.165) is 17.5 Å². The Morgan fingerprint density at radius 3 is 2.00 bits per heavy atom. The minimum atomic E-state index is -0.295. The fourth-order valence-electron chi connectivity index (χ4n) is 3.02. The average molecular weight is 312 g/mol. The molecule has 0 aliphatic rings. The first-order valence-electron chi connectivity index (χ1n) is 8.27. The molecule has 0 radical (unpaired) electrons. The number of aliphatic hydroxyl groups is 1. The van der Waals surface area contributed by atoms with Crippen molar-refractivity contribution in [1.29, 1.82) is 0 Å². The van der Waals surface area contributed by atoms with Crippen molar-refractivity contribution >= 4 is 0 Å². The molecule has 0 saturated heterocycles. The highest BCUT2D eigenvalue weighted by Gasteiger charge is 2.32. The highest BCUT2D eigenvalue weighted by atomic mass is 16.3. The molecule has 0 aromatic heterocycles. The molecule has 0 aliphatic carbocycles. The van der Waals surface area contributed by atoms with Crippen molar-refractivity contribution in [3.05, 3.63) is 64.7 Å². The molecule has 0 spiro atoms. The van der Waals surface area contributed by atoms with Gasteiger partial charge in [-0.3, -0.25) is 0 Å². The van der Waals surface area contributed by atoms with Gasteiger partial charge in [-0.05, 0) is 29.0 Å². The maximum absolute atomic E-state index is 10.7. The number of rotatable bonds is 4. The SMILES string of the molecule is CCC(C)(c1ccccc1)c1cc(C(C)(C)C)cc(CO)c1O. The first-order chi connectivity index (χ1) is 10.7. The van der Waals surface area contributed by atoms with E-state index in [2.05, 4.69) is 52.8 Å². The monoisotopic (exact) mass is 312 g/mol. The standard InChI is InChI=1S/C21H28O2/c1-6-21(5,16-10-8-7-9-11-16)18-13-17(20(2,3)4)12-15(14-22)19(18)23/h7-13,22-23H,6,14H2,1-5H3. The van der Waals surface area contributed by atoms with E-state index in [9.17, 15) is 10.2 Å². The Balaban J connectivity index is 2.74. The topological polar surface area (TPSA) is 40.5 Å². The molecule has 0 heterocycles. The Hall–Kier alpha value is -1.80. The van der Waals surface area contributed by atoms with Crippen LogP contribution in [0.15, 0.2) is 42.5 Å². The Labute approximate surface area is 139 Å². The van der Waals surface area contributed by atoms with Crippen LogP contribution in [-0.4, -0.2) is 10.2 Å². The fraction of sp³-hybridized carbons (Fsp3) is 0.429. The molecule has 0 amide bonds. The Morgan fingerprint density at radius 1 is 0.913 bits per heavy atom. The molecule has 2 heteroatoms. The molecule has 0 aliphatic heterocycles. The van der Waals surface area contributed by atoms with Gasteiger partial charge in [0.1, 0.15) is 5.75 Å². The minimum absolute atomic E-state index is 0.0439. The summed E-state index contributed by atoms with van der Waals surface area (Å²) >= 11 is 0. The van der Waals surface area contributed by atoms with E-state index >= 15 is 0 Å². The zero-order valence-electron chi connectivity index (χ0n) is 14.9. The van der Waals surface area contributed by atoms with Gasteiger partial charge in [0.2, 0.25) is 0 Å². The maximum atomic E-state index is 10.7. The third kappa shape index (κ3) is 3.28. The van der Waals surface area contributed by atoms with Crippen LogP contribution in [0.25, 0.3) is 0 Å². The number of aliphatic hydroxyl groups excluding tert-OH is 1. The summed E-state index contributed by atoms with van der Waals surface area (Å²) in [6, 6.07) is 14.3. The second kappa shape index (κ2) is 6.37. The highest BCUT2D eigenvalue weighted by molar-refractivity contribution is 5.52. The highest BCUT2D eigenvalue weighted by Crippen LogP contribution is 2.43. The van der Waals surface area contributed by atoms with E-state index in [-0.39, 0.29) is 23.2 Å². The van der Waals surface area contributed by atoms with Crippen molar-refractivity contribution in [1.82, 2.24) is 0 Å². The summed E-state index contributed by atoms with van der Waals surface area (Å²) in [5.41, 5.74) is 3.46. The number of hydrogen-bond acceptors (Lipinski definition) is 2. The molecule has 2 nitrogen and oxygen atoms in total. The number of aromatic hydroxyl groups is 1. The molecule has 0 saturated carbocycles. The van der Waals surface area contributed by atoms with Gasteiger partial charge in [0.15, 0.2) is 0 Å². The van der Waals surface area contributed by atoms with Crippen molar-refractivity contribution in [2.75, 3.05) is 0 Å². The predicted molar refractivity (Wildman–Crippen MR) is 95.9 cm³/mol. The lowest BCUT2D eigenvalue weighted by Gasteiger charge is -2.33. The molecule has 0 fully saturated rings. The van der Waals surface area contributed by atoms with Crippen LogP contribution in [0, 0.1) is 0 Å². The van der Waals surface area contributed by atoms with E-state index in [0.29, 0.717) is 5.56 Å². The zero-order valence-corrected chi connectivity index (χ0v) is 14.9. The third-order valence-electron chi connectivity index (χ3n) is 4.94. The molecule has 1 atom stereocenters.